The third kappa shape index (κ3) is 1.81. The molecule has 2 heteroatoms. The third-order valence-electron chi connectivity index (χ3n) is 1.37. The molecule has 0 bridgehead atoms. The second kappa shape index (κ2) is 2.70. The van der Waals surface area contributed by atoms with Crippen molar-refractivity contribution >= 4 is 10.0 Å². The Labute approximate surface area is 64.1 Å². The lowest BCUT2D eigenvalue weighted by Crippen LogP contribution is -2.15. The largest absolute Gasteiger partial charge is 0.485 e. The number of hydrogen-bond donors (Lipinski definition) is 0. The van der Waals surface area contributed by atoms with Crippen LogP contribution in [0.25, 0.3) is 0 Å². The smallest absolute Gasteiger partial charge is 0.146 e. The summed E-state index contributed by atoms with van der Waals surface area (Å²) in [7, 11) is -0.586. The van der Waals surface area contributed by atoms with E-state index in [2.05, 4.69) is 24.8 Å². The Hall–Kier alpha value is -0.370. The van der Waals surface area contributed by atoms with Crippen LogP contribution >= 0.6 is 10.0 Å². The molecule has 0 saturated heterocycles. The van der Waals surface area contributed by atoms with Gasteiger partial charge in [0, 0.05) is 0 Å². The van der Waals surface area contributed by atoms with Crippen LogP contribution in [0.1, 0.15) is 0 Å². The first-order valence-corrected chi connectivity index (χ1v) is 6.19. The van der Waals surface area contributed by atoms with E-state index in [0.29, 0.717) is 5.44 Å². The predicted molar refractivity (Wildman–Crippen MR) is 48.5 cm³/mol. The van der Waals surface area contributed by atoms with E-state index in [1.807, 2.05) is 12.2 Å². The number of hydrogen-bond acceptors (Lipinski definition) is 1. The molecule has 1 aliphatic rings. The van der Waals surface area contributed by atoms with E-state index >= 15 is 0 Å². The number of ether oxygens (including phenoxy) is 1. The Morgan fingerprint density at radius 3 is 2.20 bits per heavy atom. The molecule has 0 saturated carbocycles. The summed E-state index contributed by atoms with van der Waals surface area (Å²) in [6.07, 6.45) is 14.6. The summed E-state index contributed by atoms with van der Waals surface area (Å²) in [5.41, 5.74) is 0.317. The van der Waals surface area contributed by atoms with E-state index in [1.165, 1.54) is 0 Å². The predicted octanol–water partition coefficient (Wildman–Crippen LogP) is 2.11. The number of allylic oxidation sites excluding steroid dienone is 2. The summed E-state index contributed by atoms with van der Waals surface area (Å²) in [6.45, 7) is 0. The van der Waals surface area contributed by atoms with Gasteiger partial charge >= 0.3 is 0 Å². The van der Waals surface area contributed by atoms with Crippen molar-refractivity contribution in [2.75, 3.05) is 18.8 Å². The van der Waals surface area contributed by atoms with Crippen LogP contribution in [0.15, 0.2) is 24.5 Å². The zero-order valence-corrected chi connectivity index (χ0v) is 7.52. The molecule has 1 atom stereocenters. The molecule has 0 radical (unpaired) electrons. The number of rotatable bonds is 1. The van der Waals surface area contributed by atoms with Crippen molar-refractivity contribution < 1.29 is 4.74 Å². The molecule has 58 valence electrons. The molecule has 0 aromatic carbocycles. The summed E-state index contributed by atoms with van der Waals surface area (Å²) < 4.78 is 5.41. The molecule has 1 heterocycles. The third-order valence-corrected chi connectivity index (χ3v) is 3.03. The van der Waals surface area contributed by atoms with Gasteiger partial charge in [0.15, 0.2) is 0 Å². The highest BCUT2D eigenvalue weighted by atomic mass is 32.3. The second-order valence-corrected chi connectivity index (χ2v) is 7.48. The lowest BCUT2D eigenvalue weighted by atomic mass is 10.4. The van der Waals surface area contributed by atoms with Crippen molar-refractivity contribution in [1.82, 2.24) is 0 Å². The molecule has 1 aliphatic heterocycles. The Morgan fingerprint density at radius 1 is 1.20 bits per heavy atom. The van der Waals surface area contributed by atoms with Crippen LogP contribution in [0.4, 0.5) is 0 Å². The van der Waals surface area contributed by atoms with Gasteiger partial charge < -0.3 is 4.74 Å². The lowest BCUT2D eigenvalue weighted by molar-refractivity contribution is 0.254. The van der Waals surface area contributed by atoms with Gasteiger partial charge in [-0.05, 0) is 30.9 Å². The first-order valence-electron chi connectivity index (χ1n) is 3.27. The topological polar surface area (TPSA) is 9.23 Å². The van der Waals surface area contributed by atoms with Crippen LogP contribution in [0.3, 0.4) is 0 Å². The molecule has 10 heavy (non-hydrogen) atoms. The van der Waals surface area contributed by atoms with Crippen LogP contribution in [0.5, 0.6) is 0 Å². The molecule has 1 unspecified atom stereocenters. The summed E-state index contributed by atoms with van der Waals surface area (Å²) in [5, 5.41) is 0. The van der Waals surface area contributed by atoms with Crippen molar-refractivity contribution in [1.29, 1.82) is 0 Å². The van der Waals surface area contributed by atoms with Crippen LogP contribution in [-0.4, -0.2) is 24.2 Å². The highest BCUT2D eigenvalue weighted by Crippen LogP contribution is 2.43. The molecule has 0 N–H and O–H groups in total. The standard InChI is InChI=1S/C8H14OS/c1-10(2,3)8-6-4-5-7-9-8/h4-8H,1-3H3. The van der Waals surface area contributed by atoms with Crippen LogP contribution in [0, 0.1) is 0 Å². The van der Waals surface area contributed by atoms with Crippen LogP contribution < -0.4 is 0 Å². The van der Waals surface area contributed by atoms with Gasteiger partial charge in [0.1, 0.15) is 5.44 Å². The minimum absolute atomic E-state index is 0.317. The monoisotopic (exact) mass is 158 g/mol. The normalized spacial score (nSPS) is 26.1. The molecule has 0 aromatic rings. The fourth-order valence-corrected chi connectivity index (χ4v) is 1.73. The van der Waals surface area contributed by atoms with Crippen molar-refractivity contribution in [3.05, 3.63) is 24.5 Å². The van der Waals surface area contributed by atoms with Gasteiger partial charge in [-0.25, -0.2) is 10.0 Å². The molecule has 0 aromatic heterocycles. The highest BCUT2D eigenvalue weighted by molar-refractivity contribution is 8.32. The summed E-state index contributed by atoms with van der Waals surface area (Å²) in [6, 6.07) is 0. The maximum absolute atomic E-state index is 5.41. The quantitative estimate of drug-likeness (QED) is 0.568. The molecule has 1 nitrogen and oxygen atoms in total. The molecular weight excluding hydrogens is 144 g/mol. The fraction of sp³-hybridized carbons (Fsp3) is 0.500. The van der Waals surface area contributed by atoms with Crippen molar-refractivity contribution in [2.24, 2.45) is 0 Å². The zero-order valence-electron chi connectivity index (χ0n) is 6.70. The molecule has 0 amide bonds. The first kappa shape index (κ1) is 7.73. The minimum atomic E-state index is -0.586. The molecule has 1 rings (SSSR count). The fourth-order valence-electron chi connectivity index (χ4n) is 0.771. The molecule has 0 aliphatic carbocycles. The molecule has 0 spiro atoms. The van der Waals surface area contributed by atoms with E-state index in [1.54, 1.807) is 6.26 Å². The van der Waals surface area contributed by atoms with Gasteiger partial charge in [0.05, 0.1) is 6.26 Å². The maximum atomic E-state index is 5.41. The molecule has 0 fully saturated rings. The Morgan fingerprint density at radius 2 is 1.90 bits per heavy atom. The average molecular weight is 158 g/mol. The average Bonchev–Trinajstić information content (AvgIpc) is 1.88. The zero-order chi connectivity index (χ0) is 7.61. The summed E-state index contributed by atoms with van der Waals surface area (Å²) >= 11 is 0. The Kier molecular flexibility index (Phi) is 2.09. The van der Waals surface area contributed by atoms with Crippen LogP contribution in [0.2, 0.25) is 0 Å². The van der Waals surface area contributed by atoms with Crippen LogP contribution in [-0.2, 0) is 4.74 Å². The van der Waals surface area contributed by atoms with Crippen molar-refractivity contribution in [3.8, 4) is 0 Å². The van der Waals surface area contributed by atoms with E-state index in [4.69, 9.17) is 4.74 Å². The molecular formula is C8H14OS. The van der Waals surface area contributed by atoms with E-state index in [-0.39, 0.29) is 0 Å². The highest BCUT2D eigenvalue weighted by Gasteiger charge is 2.17. The lowest BCUT2D eigenvalue weighted by Gasteiger charge is -2.33. The summed E-state index contributed by atoms with van der Waals surface area (Å²) in [5.74, 6) is 0. The Bertz CT molecular complexity index is 165. The van der Waals surface area contributed by atoms with Gasteiger partial charge in [-0.15, -0.1) is 0 Å². The minimum Gasteiger partial charge on any atom is -0.485 e. The van der Waals surface area contributed by atoms with Gasteiger partial charge in [0.2, 0.25) is 0 Å². The Balaban J connectivity index is 2.60. The first-order chi connectivity index (χ1) is 4.61. The summed E-state index contributed by atoms with van der Waals surface area (Å²) in [4.78, 5) is 0. The second-order valence-electron chi connectivity index (χ2n) is 3.15. The SMILES string of the molecule is CS(C)(C)C1C=CC=CO1. The van der Waals surface area contributed by atoms with E-state index in [0.717, 1.165) is 0 Å². The van der Waals surface area contributed by atoms with E-state index in [9.17, 15) is 0 Å². The van der Waals surface area contributed by atoms with Gasteiger partial charge in [-0.3, -0.25) is 0 Å². The maximum Gasteiger partial charge on any atom is 0.146 e. The van der Waals surface area contributed by atoms with E-state index < -0.39 is 10.0 Å². The van der Waals surface area contributed by atoms with Gasteiger partial charge in [-0.2, -0.15) is 0 Å². The van der Waals surface area contributed by atoms with Gasteiger partial charge in [0.25, 0.3) is 0 Å². The van der Waals surface area contributed by atoms with Crippen molar-refractivity contribution in [2.45, 2.75) is 5.44 Å². The van der Waals surface area contributed by atoms with Gasteiger partial charge in [-0.1, -0.05) is 6.08 Å². The van der Waals surface area contributed by atoms with Crippen molar-refractivity contribution in [3.63, 3.8) is 0 Å².